The number of aliphatic hydroxyl groups excluding tert-OH is 1. The molecule has 0 unspecified atom stereocenters. The Balaban J connectivity index is 2.08. The summed E-state index contributed by atoms with van der Waals surface area (Å²) in [4.78, 5) is 8.16. The first-order chi connectivity index (χ1) is 10.2. The first-order valence-corrected chi connectivity index (χ1v) is 6.63. The van der Waals surface area contributed by atoms with Gasteiger partial charge in [0.25, 0.3) is 0 Å². The molecule has 0 bridgehead atoms. The van der Waals surface area contributed by atoms with Crippen molar-refractivity contribution in [3.05, 3.63) is 46.9 Å². The zero-order chi connectivity index (χ0) is 15.2. The van der Waals surface area contributed by atoms with E-state index in [2.05, 4.69) is 15.3 Å². The third-order valence-corrected chi connectivity index (χ3v) is 3.26. The van der Waals surface area contributed by atoms with Gasteiger partial charge in [-0.1, -0.05) is 6.07 Å². The van der Waals surface area contributed by atoms with E-state index in [1.54, 1.807) is 26.4 Å². The lowest BCUT2D eigenvalue weighted by Crippen LogP contribution is -2.15. The van der Waals surface area contributed by atoms with E-state index < -0.39 is 0 Å². The molecule has 0 fully saturated rings. The number of nitrogens with one attached hydrogen (secondary N) is 1. The summed E-state index contributed by atoms with van der Waals surface area (Å²) in [5.74, 6) is 0.690. The molecule has 6 nitrogen and oxygen atoms in total. The molecule has 0 spiro atoms. The summed E-state index contributed by atoms with van der Waals surface area (Å²) in [6, 6.07) is 3.76. The molecule has 0 radical (unpaired) electrons. The summed E-state index contributed by atoms with van der Waals surface area (Å²) in [5.41, 5.74) is 2.75. The van der Waals surface area contributed by atoms with Crippen LogP contribution in [0.1, 0.15) is 22.4 Å². The predicted octanol–water partition coefficient (Wildman–Crippen LogP) is 1.28. The molecule has 0 amide bonds. The quantitative estimate of drug-likeness (QED) is 0.742. The van der Waals surface area contributed by atoms with Crippen molar-refractivity contribution in [3.8, 4) is 11.6 Å². The van der Waals surface area contributed by atoms with E-state index >= 15 is 0 Å². The van der Waals surface area contributed by atoms with Gasteiger partial charge in [-0.15, -0.1) is 0 Å². The van der Waals surface area contributed by atoms with Gasteiger partial charge in [0.1, 0.15) is 5.75 Å². The number of methoxy groups -OCH3 is 1. The number of aromatic nitrogens is 2. The Morgan fingerprint density at radius 1 is 1.24 bits per heavy atom. The number of hydrogen-bond acceptors (Lipinski definition) is 6. The summed E-state index contributed by atoms with van der Waals surface area (Å²) in [7, 11) is 1.58. The fraction of sp³-hybridized carbons (Fsp3) is 0.333. The standard InChI is InChI=1S/C15H19N3O3/c1-10-14(20)13(12(9-19)7-18-10)8-16-6-11-4-3-5-17-15(11)21-2/h3-5,7,16,19-20H,6,8-9H2,1-2H3. The van der Waals surface area contributed by atoms with Crippen molar-refractivity contribution in [2.24, 2.45) is 0 Å². The Morgan fingerprint density at radius 2 is 2.05 bits per heavy atom. The van der Waals surface area contributed by atoms with Crippen LogP contribution in [0.15, 0.2) is 24.5 Å². The molecule has 0 saturated heterocycles. The molecule has 6 heteroatoms. The smallest absolute Gasteiger partial charge is 0.217 e. The van der Waals surface area contributed by atoms with E-state index in [-0.39, 0.29) is 12.4 Å². The van der Waals surface area contributed by atoms with Gasteiger partial charge in [-0.3, -0.25) is 4.98 Å². The van der Waals surface area contributed by atoms with Gasteiger partial charge in [-0.05, 0) is 13.0 Å². The highest BCUT2D eigenvalue weighted by atomic mass is 16.5. The topological polar surface area (TPSA) is 87.5 Å². The van der Waals surface area contributed by atoms with Gasteiger partial charge in [-0.25, -0.2) is 4.98 Å². The maximum absolute atomic E-state index is 10.1. The van der Waals surface area contributed by atoms with E-state index in [1.807, 2.05) is 12.1 Å². The highest BCUT2D eigenvalue weighted by Gasteiger charge is 2.11. The fourth-order valence-corrected chi connectivity index (χ4v) is 2.08. The SMILES string of the molecule is COc1ncccc1CNCc1c(CO)cnc(C)c1O. The monoisotopic (exact) mass is 289 g/mol. The third-order valence-electron chi connectivity index (χ3n) is 3.26. The van der Waals surface area contributed by atoms with Crippen molar-refractivity contribution in [2.45, 2.75) is 26.6 Å². The highest BCUT2D eigenvalue weighted by Crippen LogP contribution is 2.24. The summed E-state index contributed by atoms with van der Waals surface area (Å²) in [6.45, 7) is 2.53. The predicted molar refractivity (Wildman–Crippen MR) is 77.9 cm³/mol. The summed E-state index contributed by atoms with van der Waals surface area (Å²) < 4.78 is 5.19. The highest BCUT2D eigenvalue weighted by molar-refractivity contribution is 5.40. The third kappa shape index (κ3) is 3.48. The van der Waals surface area contributed by atoms with E-state index in [0.717, 1.165) is 5.56 Å². The summed E-state index contributed by atoms with van der Waals surface area (Å²) in [6.07, 6.45) is 3.25. The minimum absolute atomic E-state index is 0.118. The molecule has 2 rings (SSSR count). The Bertz CT molecular complexity index is 617. The van der Waals surface area contributed by atoms with Crippen molar-refractivity contribution in [2.75, 3.05) is 7.11 Å². The second-order valence-electron chi connectivity index (χ2n) is 4.63. The van der Waals surface area contributed by atoms with Crippen molar-refractivity contribution in [1.29, 1.82) is 0 Å². The van der Waals surface area contributed by atoms with Gasteiger partial charge in [-0.2, -0.15) is 0 Å². The normalized spacial score (nSPS) is 10.6. The second-order valence-corrected chi connectivity index (χ2v) is 4.63. The van der Waals surface area contributed by atoms with Crippen LogP contribution in [-0.2, 0) is 19.7 Å². The molecule has 3 N–H and O–H groups in total. The Kier molecular flexibility index (Phi) is 5.08. The van der Waals surface area contributed by atoms with Crippen molar-refractivity contribution in [1.82, 2.24) is 15.3 Å². The van der Waals surface area contributed by atoms with Gasteiger partial charge >= 0.3 is 0 Å². The molecule has 0 aliphatic rings. The molecule has 112 valence electrons. The number of aryl methyl sites for hydroxylation is 1. The maximum Gasteiger partial charge on any atom is 0.217 e. The van der Waals surface area contributed by atoms with Crippen LogP contribution in [0, 0.1) is 6.92 Å². The number of pyridine rings is 2. The van der Waals surface area contributed by atoms with Gasteiger partial charge in [0.15, 0.2) is 0 Å². The van der Waals surface area contributed by atoms with Gasteiger partial charge in [0.05, 0.1) is 19.4 Å². The number of aliphatic hydroxyl groups is 1. The molecule has 2 aromatic heterocycles. The Morgan fingerprint density at radius 3 is 2.76 bits per heavy atom. The summed E-state index contributed by atoms with van der Waals surface area (Å²) >= 11 is 0. The zero-order valence-corrected chi connectivity index (χ0v) is 12.1. The van der Waals surface area contributed by atoms with Crippen molar-refractivity contribution >= 4 is 0 Å². The van der Waals surface area contributed by atoms with Gasteiger partial charge in [0, 0.05) is 42.2 Å². The van der Waals surface area contributed by atoms with Gasteiger partial charge < -0.3 is 20.3 Å². The number of rotatable bonds is 6. The zero-order valence-electron chi connectivity index (χ0n) is 12.1. The Labute approximate surface area is 123 Å². The molecule has 0 atom stereocenters. The molecule has 0 saturated carbocycles. The Hall–Kier alpha value is -2.18. The molecule has 21 heavy (non-hydrogen) atoms. The lowest BCUT2D eigenvalue weighted by atomic mass is 10.1. The molecular weight excluding hydrogens is 270 g/mol. The van der Waals surface area contributed by atoms with Crippen molar-refractivity contribution < 1.29 is 14.9 Å². The lowest BCUT2D eigenvalue weighted by Gasteiger charge is -2.13. The largest absolute Gasteiger partial charge is 0.506 e. The molecule has 0 aliphatic heterocycles. The number of hydrogen-bond donors (Lipinski definition) is 3. The van der Waals surface area contributed by atoms with Crippen LogP contribution >= 0.6 is 0 Å². The van der Waals surface area contributed by atoms with E-state index in [0.29, 0.717) is 35.8 Å². The average Bonchev–Trinajstić information content (AvgIpc) is 2.52. The van der Waals surface area contributed by atoms with Gasteiger partial charge in [0.2, 0.25) is 5.88 Å². The molecule has 2 heterocycles. The average molecular weight is 289 g/mol. The van der Waals surface area contributed by atoms with Crippen LogP contribution in [0.5, 0.6) is 11.6 Å². The van der Waals surface area contributed by atoms with Crippen LogP contribution < -0.4 is 10.1 Å². The number of aromatic hydroxyl groups is 1. The van der Waals surface area contributed by atoms with Crippen molar-refractivity contribution in [3.63, 3.8) is 0 Å². The number of ether oxygens (including phenoxy) is 1. The first kappa shape index (κ1) is 15.2. The van der Waals surface area contributed by atoms with Crippen LogP contribution in [-0.4, -0.2) is 27.3 Å². The second kappa shape index (κ2) is 7.01. The minimum Gasteiger partial charge on any atom is -0.506 e. The number of nitrogens with zero attached hydrogens (tertiary/aromatic N) is 2. The lowest BCUT2D eigenvalue weighted by molar-refractivity contribution is 0.278. The van der Waals surface area contributed by atoms with Crippen LogP contribution in [0.25, 0.3) is 0 Å². The van der Waals surface area contributed by atoms with Crippen LogP contribution in [0.2, 0.25) is 0 Å². The molecule has 2 aromatic rings. The first-order valence-electron chi connectivity index (χ1n) is 6.63. The summed E-state index contributed by atoms with van der Waals surface area (Å²) in [5, 5.41) is 22.6. The van der Waals surface area contributed by atoms with Crippen LogP contribution in [0.4, 0.5) is 0 Å². The molecule has 0 aliphatic carbocycles. The minimum atomic E-state index is -0.159. The van der Waals surface area contributed by atoms with E-state index in [1.165, 1.54) is 0 Å². The molecular formula is C15H19N3O3. The van der Waals surface area contributed by atoms with Crippen LogP contribution in [0.3, 0.4) is 0 Å². The fourth-order valence-electron chi connectivity index (χ4n) is 2.08. The van der Waals surface area contributed by atoms with E-state index in [4.69, 9.17) is 4.74 Å². The molecule has 0 aromatic carbocycles. The maximum atomic E-state index is 10.1. The van der Waals surface area contributed by atoms with E-state index in [9.17, 15) is 10.2 Å².